The fourth-order valence-electron chi connectivity index (χ4n) is 2.19. The summed E-state index contributed by atoms with van der Waals surface area (Å²) >= 11 is 0. The van der Waals surface area contributed by atoms with E-state index in [1.54, 1.807) is 25.1 Å². The number of benzene rings is 1. The first kappa shape index (κ1) is 13.8. The van der Waals surface area contributed by atoms with Crippen LogP contribution in [-0.2, 0) is 9.84 Å². The predicted molar refractivity (Wildman–Crippen MR) is 72.7 cm³/mol. The molecule has 1 N–H and O–H groups in total. The minimum absolute atomic E-state index is 0.114. The molecule has 1 atom stereocenters. The van der Waals surface area contributed by atoms with Gasteiger partial charge in [0.15, 0.2) is 9.84 Å². The van der Waals surface area contributed by atoms with Crippen LogP contribution in [0.4, 0.5) is 5.69 Å². The lowest BCUT2D eigenvalue weighted by Gasteiger charge is -2.31. The van der Waals surface area contributed by atoms with E-state index >= 15 is 0 Å². The van der Waals surface area contributed by atoms with E-state index in [9.17, 15) is 13.5 Å². The summed E-state index contributed by atoms with van der Waals surface area (Å²) in [5.41, 5.74) is 1.98. The Morgan fingerprint density at radius 2 is 2.00 bits per heavy atom. The molecule has 2 rings (SSSR count). The smallest absolute Gasteiger partial charge is 0.153 e. The van der Waals surface area contributed by atoms with E-state index in [1.165, 1.54) is 0 Å². The van der Waals surface area contributed by atoms with Crippen LogP contribution in [0.3, 0.4) is 0 Å². The van der Waals surface area contributed by atoms with Crippen LogP contribution in [0.1, 0.15) is 24.2 Å². The number of nitriles is 1. The number of sulfone groups is 1. The van der Waals surface area contributed by atoms with Gasteiger partial charge in [0.25, 0.3) is 0 Å². The first-order chi connectivity index (χ1) is 8.93. The lowest BCUT2D eigenvalue weighted by atomic mass is 10.0. The van der Waals surface area contributed by atoms with Crippen molar-refractivity contribution >= 4 is 15.5 Å². The molecule has 1 heterocycles. The van der Waals surface area contributed by atoms with Crippen molar-refractivity contribution in [1.82, 2.24) is 0 Å². The van der Waals surface area contributed by atoms with E-state index in [0.29, 0.717) is 18.7 Å². The minimum Gasteiger partial charge on any atom is -0.389 e. The van der Waals surface area contributed by atoms with Gasteiger partial charge in [0, 0.05) is 24.3 Å². The molecule has 1 aliphatic rings. The summed E-state index contributed by atoms with van der Waals surface area (Å²) < 4.78 is 22.9. The summed E-state index contributed by atoms with van der Waals surface area (Å²) in [6.07, 6.45) is -0.652. The van der Waals surface area contributed by atoms with Gasteiger partial charge in [-0.2, -0.15) is 5.26 Å². The molecule has 1 aromatic carbocycles. The Labute approximate surface area is 113 Å². The van der Waals surface area contributed by atoms with Crippen LogP contribution in [0.25, 0.3) is 0 Å². The highest BCUT2D eigenvalue weighted by Gasteiger charge is 2.24. The van der Waals surface area contributed by atoms with E-state index < -0.39 is 15.9 Å². The van der Waals surface area contributed by atoms with E-state index in [4.69, 9.17) is 5.26 Å². The second kappa shape index (κ2) is 5.19. The number of rotatable bonds is 2. The van der Waals surface area contributed by atoms with E-state index in [2.05, 4.69) is 6.07 Å². The van der Waals surface area contributed by atoms with Gasteiger partial charge < -0.3 is 10.0 Å². The van der Waals surface area contributed by atoms with Crippen LogP contribution < -0.4 is 4.90 Å². The third-order valence-corrected chi connectivity index (χ3v) is 4.90. The lowest BCUT2D eigenvalue weighted by Crippen LogP contribution is -2.40. The third-order valence-electron chi connectivity index (χ3n) is 3.29. The zero-order chi connectivity index (χ0) is 14.0. The Morgan fingerprint density at radius 1 is 1.37 bits per heavy atom. The zero-order valence-corrected chi connectivity index (χ0v) is 11.5. The minimum atomic E-state index is -2.94. The molecule has 1 saturated heterocycles. The highest BCUT2D eigenvalue weighted by atomic mass is 32.2. The largest absolute Gasteiger partial charge is 0.389 e. The maximum absolute atomic E-state index is 11.4. The number of hydrogen-bond acceptors (Lipinski definition) is 5. The first-order valence-electron chi connectivity index (χ1n) is 6.10. The van der Waals surface area contributed by atoms with Crippen molar-refractivity contribution in [3.63, 3.8) is 0 Å². The summed E-state index contributed by atoms with van der Waals surface area (Å²) in [6, 6.07) is 7.15. The Morgan fingerprint density at radius 3 is 2.53 bits per heavy atom. The van der Waals surface area contributed by atoms with Gasteiger partial charge in [-0.1, -0.05) is 6.07 Å². The molecule has 1 aromatic rings. The van der Waals surface area contributed by atoms with Crippen molar-refractivity contribution in [2.75, 3.05) is 29.5 Å². The molecule has 1 aliphatic heterocycles. The first-order valence-corrected chi connectivity index (χ1v) is 7.92. The van der Waals surface area contributed by atoms with Gasteiger partial charge in [-0.05, 0) is 19.1 Å². The van der Waals surface area contributed by atoms with Gasteiger partial charge in [-0.25, -0.2) is 8.42 Å². The number of aliphatic hydroxyl groups is 1. The summed E-state index contributed by atoms with van der Waals surface area (Å²) in [5.74, 6) is 0.228. The molecule has 0 aliphatic carbocycles. The van der Waals surface area contributed by atoms with Crippen molar-refractivity contribution in [3.05, 3.63) is 29.3 Å². The molecule has 0 bridgehead atoms. The van der Waals surface area contributed by atoms with Crippen molar-refractivity contribution in [3.8, 4) is 6.07 Å². The van der Waals surface area contributed by atoms with E-state index in [0.717, 1.165) is 11.3 Å². The number of aliphatic hydroxyl groups excluding tert-OH is 1. The zero-order valence-electron chi connectivity index (χ0n) is 10.7. The van der Waals surface area contributed by atoms with E-state index in [1.807, 2.05) is 4.90 Å². The summed E-state index contributed by atoms with van der Waals surface area (Å²) in [6.45, 7) is 2.46. The van der Waals surface area contributed by atoms with Gasteiger partial charge in [0.2, 0.25) is 0 Å². The Kier molecular flexibility index (Phi) is 3.78. The molecule has 5 nitrogen and oxygen atoms in total. The fraction of sp³-hybridized carbons (Fsp3) is 0.462. The fourth-order valence-corrected chi connectivity index (χ4v) is 3.39. The van der Waals surface area contributed by atoms with Crippen LogP contribution in [0, 0.1) is 11.3 Å². The van der Waals surface area contributed by atoms with Crippen LogP contribution in [-0.4, -0.2) is 38.1 Å². The maximum Gasteiger partial charge on any atom is 0.153 e. The Hall–Kier alpha value is -1.58. The van der Waals surface area contributed by atoms with Crippen molar-refractivity contribution < 1.29 is 13.5 Å². The molecule has 0 amide bonds. The molecule has 0 spiro atoms. The molecule has 0 saturated carbocycles. The monoisotopic (exact) mass is 280 g/mol. The standard InChI is InChI=1S/C13H16N2O3S/c1-10(16)12-3-2-11(9-14)8-13(12)15-4-6-19(17,18)7-5-15/h2-3,8,10,16H,4-7H2,1H3/t10-/m0/s1. The molecule has 0 unspecified atom stereocenters. The number of hydrogen-bond donors (Lipinski definition) is 1. The SMILES string of the molecule is C[C@H](O)c1ccc(C#N)cc1N1CCS(=O)(=O)CC1. The molecule has 102 valence electrons. The molecular formula is C13H16N2O3S. The highest BCUT2D eigenvalue weighted by Crippen LogP contribution is 2.28. The number of nitrogens with zero attached hydrogens (tertiary/aromatic N) is 2. The molecular weight excluding hydrogens is 264 g/mol. The quantitative estimate of drug-likeness (QED) is 0.868. The van der Waals surface area contributed by atoms with Gasteiger partial charge in [0.05, 0.1) is 29.2 Å². The molecule has 6 heteroatoms. The van der Waals surface area contributed by atoms with Crippen LogP contribution in [0.5, 0.6) is 0 Å². The average Bonchev–Trinajstić information content (AvgIpc) is 2.38. The average molecular weight is 280 g/mol. The predicted octanol–water partition coefficient (Wildman–Crippen LogP) is 0.846. The number of anilines is 1. The van der Waals surface area contributed by atoms with E-state index in [-0.39, 0.29) is 11.5 Å². The van der Waals surface area contributed by atoms with Gasteiger partial charge in [0.1, 0.15) is 0 Å². The lowest BCUT2D eigenvalue weighted by molar-refractivity contribution is 0.199. The van der Waals surface area contributed by atoms with Gasteiger partial charge >= 0.3 is 0 Å². The summed E-state index contributed by atoms with van der Waals surface area (Å²) in [7, 11) is -2.94. The third kappa shape index (κ3) is 3.06. The molecule has 1 fully saturated rings. The van der Waals surface area contributed by atoms with Crippen molar-refractivity contribution in [1.29, 1.82) is 5.26 Å². The van der Waals surface area contributed by atoms with Crippen molar-refractivity contribution in [2.24, 2.45) is 0 Å². The molecule has 0 radical (unpaired) electrons. The van der Waals surface area contributed by atoms with Gasteiger partial charge in [-0.15, -0.1) is 0 Å². The normalized spacial score (nSPS) is 19.7. The second-order valence-corrected chi connectivity index (χ2v) is 7.00. The second-order valence-electron chi connectivity index (χ2n) is 4.70. The van der Waals surface area contributed by atoms with Crippen molar-refractivity contribution in [2.45, 2.75) is 13.0 Å². The highest BCUT2D eigenvalue weighted by molar-refractivity contribution is 7.91. The Bertz CT molecular complexity index is 603. The summed E-state index contributed by atoms with van der Waals surface area (Å²) in [5, 5.41) is 18.7. The molecule has 19 heavy (non-hydrogen) atoms. The van der Waals surface area contributed by atoms with Crippen LogP contribution >= 0.6 is 0 Å². The van der Waals surface area contributed by atoms with Crippen LogP contribution in [0.15, 0.2) is 18.2 Å². The van der Waals surface area contributed by atoms with Crippen LogP contribution in [0.2, 0.25) is 0 Å². The summed E-state index contributed by atoms with van der Waals surface area (Å²) in [4.78, 5) is 1.92. The molecule has 0 aromatic heterocycles. The maximum atomic E-state index is 11.4. The van der Waals surface area contributed by atoms with Gasteiger partial charge in [-0.3, -0.25) is 0 Å². The Balaban J connectivity index is 2.35. The topological polar surface area (TPSA) is 81.4 Å².